The minimum atomic E-state index is -4.11. The number of pyridine rings is 1. The summed E-state index contributed by atoms with van der Waals surface area (Å²) in [6.07, 6.45) is 1.55. The highest BCUT2D eigenvalue weighted by molar-refractivity contribution is 7.98. The van der Waals surface area contributed by atoms with Crippen molar-refractivity contribution in [1.82, 2.24) is 24.7 Å². The van der Waals surface area contributed by atoms with Crippen LogP contribution in [0.4, 0.5) is 5.13 Å². The van der Waals surface area contributed by atoms with Gasteiger partial charge in [0.25, 0.3) is 10.0 Å². The van der Waals surface area contributed by atoms with Gasteiger partial charge in [-0.05, 0) is 30.3 Å². The zero-order chi connectivity index (χ0) is 27.6. The lowest BCUT2D eigenvalue weighted by Crippen LogP contribution is -2.41. The fourth-order valence-electron chi connectivity index (χ4n) is 2.85. The number of thioether (sulfide) groups is 1. The average molecular weight is 598 g/mol. The van der Waals surface area contributed by atoms with Crippen molar-refractivity contribution in [3.05, 3.63) is 65.4 Å². The van der Waals surface area contributed by atoms with E-state index < -0.39 is 20.0 Å². The van der Waals surface area contributed by atoms with Crippen LogP contribution < -0.4 is 26.2 Å². The van der Waals surface area contributed by atoms with Crippen molar-refractivity contribution in [2.24, 2.45) is 21.5 Å². The van der Waals surface area contributed by atoms with E-state index in [2.05, 4.69) is 34.7 Å². The molecule has 1 aromatic carbocycles. The highest BCUT2D eigenvalue weighted by Gasteiger charge is 2.21. The van der Waals surface area contributed by atoms with Gasteiger partial charge in [0.1, 0.15) is 0 Å². The van der Waals surface area contributed by atoms with Gasteiger partial charge in [0.05, 0.1) is 27.7 Å². The summed E-state index contributed by atoms with van der Waals surface area (Å²) in [5.74, 6) is 1.22. The molecule has 0 amide bonds. The Balaban J connectivity index is 1.53. The molecule has 0 aliphatic heterocycles. The van der Waals surface area contributed by atoms with E-state index in [-0.39, 0.29) is 28.3 Å². The smallest absolute Gasteiger partial charge is 0.264 e. The van der Waals surface area contributed by atoms with Gasteiger partial charge >= 0.3 is 0 Å². The summed E-state index contributed by atoms with van der Waals surface area (Å²) in [7, 11) is -6.66. The van der Waals surface area contributed by atoms with Crippen molar-refractivity contribution in [2.45, 2.75) is 22.1 Å². The highest BCUT2D eigenvalue weighted by Crippen LogP contribution is 2.21. The molecule has 2 aromatic heterocycles. The van der Waals surface area contributed by atoms with Crippen LogP contribution in [0.2, 0.25) is 0 Å². The summed E-state index contributed by atoms with van der Waals surface area (Å²) in [4.78, 5) is 15.8. The molecule has 0 bridgehead atoms. The fourth-order valence-corrected chi connectivity index (χ4v) is 6.61. The van der Waals surface area contributed by atoms with Gasteiger partial charge in [-0.15, -0.1) is 11.3 Å². The summed E-state index contributed by atoms with van der Waals surface area (Å²) in [6.45, 7) is 0.378. The first-order valence-electron chi connectivity index (χ1n) is 10.9. The normalized spacial score (nSPS) is 12.2. The molecule has 7 N–H and O–H groups in total. The van der Waals surface area contributed by atoms with Crippen molar-refractivity contribution in [3.63, 3.8) is 0 Å². The van der Waals surface area contributed by atoms with E-state index >= 15 is 0 Å². The maximum atomic E-state index is 12.9. The molecule has 3 aromatic rings. The number of thiazole rings is 1. The zero-order valence-electron chi connectivity index (χ0n) is 20.2. The minimum Gasteiger partial charge on any atom is -0.370 e. The molecule has 0 aliphatic rings. The standard InChI is InChI=1S/C21H27N9O4S4/c1-24-20(26-9-10-35-13-16-14-36-21(28-16)29-19(22)23)30-38(33,34)18-7-4-6-17(11-18)37(31,32)27-12-15-5-2-3-8-25-15/h2-8,11,14,27H,9-10,12-13H2,1H3,(H2,24,26,30)(H4,22,23,28,29). The number of rotatable bonds is 12. The monoisotopic (exact) mass is 597 g/mol. The van der Waals surface area contributed by atoms with Crippen molar-refractivity contribution in [1.29, 1.82) is 0 Å². The van der Waals surface area contributed by atoms with E-state index in [1.807, 2.05) is 5.38 Å². The number of nitrogens with zero attached hydrogens (tertiary/aromatic N) is 4. The number of benzene rings is 1. The molecule has 0 radical (unpaired) electrons. The first kappa shape index (κ1) is 29.3. The largest absolute Gasteiger partial charge is 0.370 e. The predicted octanol–water partition coefficient (Wildman–Crippen LogP) is 0.709. The number of aliphatic imine (C=N–C) groups is 2. The molecule has 0 fully saturated rings. The van der Waals surface area contributed by atoms with E-state index in [0.717, 1.165) is 11.8 Å². The van der Waals surface area contributed by atoms with E-state index in [4.69, 9.17) is 11.5 Å². The maximum Gasteiger partial charge on any atom is 0.264 e. The van der Waals surface area contributed by atoms with Crippen LogP contribution in [-0.2, 0) is 32.3 Å². The quantitative estimate of drug-likeness (QED) is 0.112. The molecule has 17 heteroatoms. The Bertz CT molecular complexity index is 1490. The van der Waals surface area contributed by atoms with E-state index in [1.54, 1.807) is 36.2 Å². The van der Waals surface area contributed by atoms with Crippen LogP contribution >= 0.6 is 23.1 Å². The maximum absolute atomic E-state index is 12.9. The number of hydrogen-bond donors (Lipinski definition) is 5. The van der Waals surface area contributed by atoms with Crippen molar-refractivity contribution >= 4 is 60.2 Å². The van der Waals surface area contributed by atoms with Gasteiger partial charge in [-0.2, -0.15) is 16.8 Å². The first-order valence-corrected chi connectivity index (χ1v) is 15.9. The zero-order valence-corrected chi connectivity index (χ0v) is 23.5. The number of aromatic nitrogens is 2. The molecule has 0 atom stereocenters. The third kappa shape index (κ3) is 8.95. The van der Waals surface area contributed by atoms with Crippen molar-refractivity contribution < 1.29 is 16.8 Å². The Labute approximate surface area is 229 Å². The molecule has 0 saturated carbocycles. The second-order valence-corrected chi connectivity index (χ2v) is 12.8. The summed E-state index contributed by atoms with van der Waals surface area (Å²) >= 11 is 2.90. The molecule has 204 valence electrons. The number of guanidine groups is 2. The highest BCUT2D eigenvalue weighted by atomic mass is 32.2. The van der Waals surface area contributed by atoms with Crippen LogP contribution in [0.3, 0.4) is 0 Å². The van der Waals surface area contributed by atoms with Gasteiger partial charge in [-0.1, -0.05) is 12.1 Å². The molecule has 0 spiro atoms. The molecule has 2 heterocycles. The second-order valence-electron chi connectivity index (χ2n) is 7.44. The van der Waals surface area contributed by atoms with Crippen LogP contribution in [0, 0.1) is 0 Å². The Morgan fingerprint density at radius 1 is 1.05 bits per heavy atom. The molecular weight excluding hydrogens is 571 g/mol. The SMILES string of the molecule is CN=C(NCCSCc1csc(N=C(N)N)n1)NS(=O)(=O)c1cccc(S(=O)(=O)NCc2ccccn2)c1. The fraction of sp³-hybridized carbons (Fsp3) is 0.238. The predicted molar refractivity (Wildman–Crippen MR) is 150 cm³/mol. The summed E-state index contributed by atoms with van der Waals surface area (Å²) < 4.78 is 56.0. The molecular formula is C21H27N9O4S4. The summed E-state index contributed by atoms with van der Waals surface area (Å²) in [5, 5.41) is 5.26. The summed E-state index contributed by atoms with van der Waals surface area (Å²) in [6, 6.07) is 10.2. The number of nitrogens with two attached hydrogens (primary N) is 2. The second kappa shape index (κ2) is 13.5. The van der Waals surface area contributed by atoms with Crippen LogP contribution in [0.25, 0.3) is 0 Å². The molecule has 3 rings (SSSR count). The average Bonchev–Trinajstić information content (AvgIpc) is 3.33. The number of nitrogens with one attached hydrogen (secondary N) is 3. The van der Waals surface area contributed by atoms with E-state index in [9.17, 15) is 16.8 Å². The Hall–Kier alpha value is -3.25. The molecule has 38 heavy (non-hydrogen) atoms. The van der Waals surface area contributed by atoms with Crippen molar-refractivity contribution in [3.8, 4) is 0 Å². The molecule has 0 unspecified atom stereocenters. The van der Waals surface area contributed by atoms with Crippen LogP contribution in [-0.4, -0.2) is 58.1 Å². The van der Waals surface area contributed by atoms with Gasteiger partial charge in [0, 0.05) is 36.7 Å². The van der Waals surface area contributed by atoms with Gasteiger partial charge in [0.2, 0.25) is 21.1 Å². The lowest BCUT2D eigenvalue weighted by atomic mass is 10.4. The van der Waals surface area contributed by atoms with Crippen LogP contribution in [0.1, 0.15) is 11.4 Å². The Morgan fingerprint density at radius 3 is 2.50 bits per heavy atom. The van der Waals surface area contributed by atoms with Crippen LogP contribution in [0.15, 0.2) is 73.8 Å². The van der Waals surface area contributed by atoms with Gasteiger partial charge in [-0.3, -0.25) is 9.98 Å². The van der Waals surface area contributed by atoms with Crippen molar-refractivity contribution in [2.75, 3.05) is 19.3 Å². The topological polar surface area (TPSA) is 207 Å². The van der Waals surface area contributed by atoms with E-state index in [1.165, 1.54) is 36.6 Å². The lowest BCUT2D eigenvalue weighted by Gasteiger charge is -2.13. The molecule has 13 nitrogen and oxygen atoms in total. The first-order chi connectivity index (χ1) is 18.1. The van der Waals surface area contributed by atoms with Gasteiger partial charge in [0.15, 0.2) is 5.96 Å². The Kier molecular flexibility index (Phi) is 10.4. The molecule has 0 saturated heterocycles. The lowest BCUT2D eigenvalue weighted by molar-refractivity contribution is 0.580. The van der Waals surface area contributed by atoms with Gasteiger partial charge < -0.3 is 16.8 Å². The van der Waals surface area contributed by atoms with Gasteiger partial charge in [-0.25, -0.2) is 31.3 Å². The third-order valence-electron chi connectivity index (χ3n) is 4.60. The van der Waals surface area contributed by atoms with E-state index in [0.29, 0.717) is 28.9 Å². The summed E-state index contributed by atoms with van der Waals surface area (Å²) in [5.41, 5.74) is 12.0. The minimum absolute atomic E-state index is 0.0239. The number of sulfonamides is 2. The van der Waals surface area contributed by atoms with Crippen LogP contribution in [0.5, 0.6) is 0 Å². The molecule has 0 aliphatic carbocycles. The number of hydrogen-bond acceptors (Lipinski definition) is 10. The third-order valence-corrected chi connectivity index (χ3v) is 9.11. The Morgan fingerprint density at radius 2 is 1.82 bits per heavy atom.